The van der Waals surface area contributed by atoms with Crippen molar-refractivity contribution in [2.24, 2.45) is 11.8 Å². The monoisotopic (exact) mass is 454 g/mol. The number of nitrogens with one attached hydrogen (secondary N) is 1. The molecule has 6 nitrogen and oxygen atoms in total. The van der Waals surface area contributed by atoms with Crippen LogP contribution in [0.1, 0.15) is 65.8 Å². The van der Waals surface area contributed by atoms with E-state index >= 15 is 0 Å². The lowest BCUT2D eigenvalue weighted by Gasteiger charge is -2.46. The normalized spacial score (nSPS) is 26.2. The van der Waals surface area contributed by atoms with Gasteiger partial charge >= 0.3 is 0 Å². The summed E-state index contributed by atoms with van der Waals surface area (Å²) in [4.78, 5) is 28.9. The highest BCUT2D eigenvalue weighted by atomic mass is 16.8. The molecule has 0 radical (unpaired) electrons. The first-order valence-corrected chi connectivity index (χ1v) is 11.9. The number of carbonyl (C=O) groups is 2. The van der Waals surface area contributed by atoms with Crippen molar-refractivity contribution in [1.29, 1.82) is 0 Å². The lowest BCUT2D eigenvalue weighted by molar-refractivity contribution is -0.991. The number of hydrogen-bond acceptors (Lipinski definition) is 4. The largest absolute Gasteiger partial charge is 0.595 e. The third-order valence-corrected chi connectivity index (χ3v) is 8.10. The second-order valence-electron chi connectivity index (χ2n) is 9.70. The van der Waals surface area contributed by atoms with Crippen molar-refractivity contribution >= 4 is 23.2 Å². The predicted octanol–water partition coefficient (Wildman–Crippen LogP) is 4.00. The van der Waals surface area contributed by atoms with E-state index in [0.29, 0.717) is 11.6 Å². The van der Waals surface area contributed by atoms with Gasteiger partial charge in [0.2, 0.25) is 11.8 Å². The van der Waals surface area contributed by atoms with Crippen molar-refractivity contribution in [3.63, 3.8) is 0 Å². The summed E-state index contributed by atoms with van der Waals surface area (Å²) >= 11 is 0. The number of amides is 2. The summed E-state index contributed by atoms with van der Waals surface area (Å²) in [5.41, 5.74) is 6.19. The summed E-state index contributed by atoms with van der Waals surface area (Å²) in [7, 11) is 0. The first-order valence-electron chi connectivity index (χ1n) is 11.9. The van der Waals surface area contributed by atoms with Gasteiger partial charge in [0.25, 0.3) is 0 Å². The fraction of sp³-hybridized carbons (Fsp3) is 0.286. The molecule has 3 aromatic carbocycles. The van der Waals surface area contributed by atoms with E-state index in [0.717, 1.165) is 28.7 Å². The minimum Gasteiger partial charge on any atom is -0.595 e. The van der Waals surface area contributed by atoms with Crippen molar-refractivity contribution in [3.8, 4) is 0 Å². The molecular formula is C28H26N2O4. The first kappa shape index (κ1) is 21.2. The maximum atomic E-state index is 13.9. The van der Waals surface area contributed by atoms with E-state index in [4.69, 9.17) is 0 Å². The number of carbonyl (C=O) groups excluding carboxylic acids is 2. The van der Waals surface area contributed by atoms with Gasteiger partial charge in [-0.15, -0.1) is 0 Å². The zero-order chi connectivity index (χ0) is 23.7. The Balaban J connectivity index is 1.52. The molecule has 1 aliphatic heterocycles. The van der Waals surface area contributed by atoms with Crippen LogP contribution >= 0.6 is 0 Å². The molecule has 2 bridgehead atoms. The van der Waals surface area contributed by atoms with Gasteiger partial charge in [-0.25, -0.2) is 10.1 Å². The van der Waals surface area contributed by atoms with Crippen LogP contribution in [0.25, 0.3) is 0 Å². The molecule has 3 aromatic rings. The molecule has 1 heterocycles. The van der Waals surface area contributed by atoms with Gasteiger partial charge in [-0.2, -0.15) is 5.23 Å². The SMILES string of the molecule is CCC(C)c1ccc2c(c1)C1c3ccccc3C2C2C(=O)N(c3cccc([NH+]([O-])O)c3)C(=O)C12. The van der Waals surface area contributed by atoms with E-state index < -0.39 is 17.1 Å². The maximum absolute atomic E-state index is 13.9. The van der Waals surface area contributed by atoms with Crippen molar-refractivity contribution < 1.29 is 20.0 Å². The molecule has 2 N–H and O–H groups in total. The molecule has 6 atom stereocenters. The molecule has 2 amide bonds. The quantitative estimate of drug-likeness (QED) is 0.461. The standard InChI is InChI=1S/C28H26N2O4/c1-3-15(2)16-11-12-21-22(13-16)24-20-10-5-4-9-19(20)23(21)25-26(24)28(32)29(27(25)31)17-7-6-8-18(14-17)30(33)34/h4-15,23-26,30,33H,3H2,1-2H3. The third kappa shape index (κ3) is 2.79. The Bertz CT molecular complexity index is 1330. The summed E-state index contributed by atoms with van der Waals surface area (Å²) in [5, 5.41) is 19.9. The lowest BCUT2D eigenvalue weighted by Crippen LogP contribution is -2.99. The first-order chi connectivity index (χ1) is 16.4. The second kappa shape index (κ2) is 7.60. The molecule has 172 valence electrons. The Morgan fingerprint density at radius 2 is 1.50 bits per heavy atom. The van der Waals surface area contributed by atoms with E-state index in [-0.39, 0.29) is 29.3 Å². The highest BCUT2D eigenvalue weighted by Gasteiger charge is 2.61. The van der Waals surface area contributed by atoms with Gasteiger partial charge in [0.1, 0.15) is 0 Å². The number of hydrogen-bond donors (Lipinski definition) is 2. The average molecular weight is 455 g/mol. The van der Waals surface area contributed by atoms with E-state index in [1.807, 2.05) is 12.1 Å². The van der Waals surface area contributed by atoms with Gasteiger partial charge in [0, 0.05) is 24.0 Å². The Morgan fingerprint density at radius 1 is 0.882 bits per heavy atom. The molecule has 6 heteroatoms. The highest BCUT2D eigenvalue weighted by Crippen LogP contribution is 2.61. The van der Waals surface area contributed by atoms with Crippen LogP contribution in [0.2, 0.25) is 0 Å². The van der Waals surface area contributed by atoms with Crippen molar-refractivity contribution in [2.75, 3.05) is 4.90 Å². The van der Waals surface area contributed by atoms with E-state index in [1.54, 1.807) is 12.1 Å². The summed E-state index contributed by atoms with van der Waals surface area (Å²) in [5.74, 6) is -1.40. The minimum atomic E-state index is -1.09. The maximum Gasteiger partial charge on any atom is 0.238 e. The molecule has 4 aliphatic rings. The molecule has 7 rings (SSSR count). The van der Waals surface area contributed by atoms with Crippen LogP contribution in [0.5, 0.6) is 0 Å². The zero-order valence-corrected chi connectivity index (χ0v) is 19.1. The predicted molar refractivity (Wildman–Crippen MR) is 127 cm³/mol. The summed E-state index contributed by atoms with van der Waals surface area (Å²) in [6.45, 7) is 4.38. The summed E-state index contributed by atoms with van der Waals surface area (Å²) in [6, 6.07) is 20.9. The molecule has 1 saturated heterocycles. The van der Waals surface area contributed by atoms with E-state index in [2.05, 4.69) is 44.2 Å². The number of benzene rings is 3. The molecule has 3 aliphatic carbocycles. The summed E-state index contributed by atoms with van der Waals surface area (Å²) < 4.78 is 0. The fourth-order valence-electron chi connectivity index (χ4n) is 6.32. The van der Waals surface area contributed by atoms with Crippen molar-refractivity contribution in [2.45, 2.75) is 38.0 Å². The van der Waals surface area contributed by atoms with Gasteiger partial charge in [0.15, 0.2) is 5.69 Å². The van der Waals surface area contributed by atoms with Crippen molar-refractivity contribution in [1.82, 2.24) is 0 Å². The molecule has 6 unspecified atom stereocenters. The van der Waals surface area contributed by atoms with E-state index in [1.165, 1.54) is 22.6 Å². The number of imide groups is 1. The lowest BCUT2D eigenvalue weighted by atomic mass is 9.54. The van der Waals surface area contributed by atoms with Gasteiger partial charge < -0.3 is 5.21 Å². The van der Waals surface area contributed by atoms with Gasteiger partial charge in [-0.1, -0.05) is 62.4 Å². The van der Waals surface area contributed by atoms with Gasteiger partial charge in [-0.3, -0.25) is 9.59 Å². The van der Waals surface area contributed by atoms with E-state index in [9.17, 15) is 20.0 Å². The van der Waals surface area contributed by atoms with Crippen LogP contribution in [0.3, 0.4) is 0 Å². The van der Waals surface area contributed by atoms with Gasteiger partial charge in [0.05, 0.1) is 17.5 Å². The van der Waals surface area contributed by atoms with Crippen LogP contribution in [0, 0.1) is 17.0 Å². The van der Waals surface area contributed by atoms with Gasteiger partial charge in [-0.05, 0) is 46.2 Å². The second-order valence-corrected chi connectivity index (χ2v) is 9.70. The molecule has 1 fully saturated rings. The number of quaternary nitrogens is 1. The zero-order valence-electron chi connectivity index (χ0n) is 19.1. The Morgan fingerprint density at radius 3 is 2.12 bits per heavy atom. The van der Waals surface area contributed by atoms with Crippen molar-refractivity contribution in [3.05, 3.63) is 99.8 Å². The smallest absolute Gasteiger partial charge is 0.238 e. The number of rotatable bonds is 4. The molecule has 34 heavy (non-hydrogen) atoms. The number of nitrogens with zero attached hydrogens (tertiary/aromatic N) is 1. The molecular weight excluding hydrogens is 428 g/mol. The van der Waals surface area contributed by atoms with Crippen LogP contribution in [0.4, 0.5) is 11.4 Å². The van der Waals surface area contributed by atoms with Crippen LogP contribution in [-0.2, 0) is 9.59 Å². The molecule has 0 aromatic heterocycles. The molecule has 0 spiro atoms. The average Bonchev–Trinajstić information content (AvgIpc) is 3.13. The fourth-order valence-corrected chi connectivity index (χ4v) is 6.32. The third-order valence-electron chi connectivity index (χ3n) is 8.10. The van der Waals surface area contributed by atoms with Crippen LogP contribution in [-0.4, -0.2) is 17.0 Å². The topological polar surface area (TPSA) is 85.1 Å². The minimum absolute atomic E-state index is 0.0562. The highest BCUT2D eigenvalue weighted by molar-refractivity contribution is 6.23. The molecule has 0 saturated carbocycles. The number of anilines is 1. The Labute approximate surface area is 198 Å². The Kier molecular flexibility index (Phi) is 4.74. The van der Waals surface area contributed by atoms with Crippen LogP contribution < -0.4 is 10.1 Å². The Hall–Kier alpha value is -3.32. The van der Waals surface area contributed by atoms with Crippen LogP contribution in [0.15, 0.2) is 66.7 Å². The summed E-state index contributed by atoms with van der Waals surface area (Å²) in [6.07, 6.45) is 1.03.